The first kappa shape index (κ1) is 23.7. The maximum Gasteiger partial charge on any atom is 0.266 e. The van der Waals surface area contributed by atoms with Crippen molar-refractivity contribution in [3.63, 3.8) is 0 Å². The lowest BCUT2D eigenvalue weighted by atomic mass is 10.1. The van der Waals surface area contributed by atoms with E-state index in [9.17, 15) is 19.2 Å². The molecule has 3 rings (SSSR count). The summed E-state index contributed by atoms with van der Waals surface area (Å²) in [5.74, 6) is -1.13. The number of rotatable bonds is 7. The number of aryl methyl sites for hydroxylation is 1. The average molecular weight is 508 g/mol. The fraction of sp³-hybridized carbons (Fsp3) is 0.0800. The third-order valence-electron chi connectivity index (χ3n) is 4.40. The number of nitrogens with zero attached hydrogens (tertiary/aromatic N) is 1. The minimum atomic E-state index is -0.660. The van der Waals surface area contributed by atoms with Crippen LogP contribution in [0.25, 0.3) is 6.08 Å². The molecule has 166 valence electrons. The molecular weight excluding hydrogens is 489 g/mol. The first-order valence-corrected chi connectivity index (χ1v) is 10.6. The Labute approximate surface area is 198 Å². The molecule has 0 aromatic heterocycles. The Hall–Kier alpha value is -3.96. The number of carbonyl (C=O) groups is 2. The number of nitriles is 1. The molecule has 0 fully saturated rings. The Morgan fingerprint density at radius 1 is 1.06 bits per heavy atom. The average Bonchev–Trinajstić information content (AvgIpc) is 2.78. The van der Waals surface area contributed by atoms with E-state index in [1.165, 1.54) is 30.3 Å². The minimum Gasteiger partial charge on any atom is -0.483 e. The van der Waals surface area contributed by atoms with E-state index in [1.54, 1.807) is 24.3 Å². The number of amides is 2. The van der Waals surface area contributed by atoms with Crippen molar-refractivity contribution in [3.05, 3.63) is 93.7 Å². The quantitative estimate of drug-likeness (QED) is 0.328. The summed E-state index contributed by atoms with van der Waals surface area (Å²) in [6.07, 6.45) is 1.36. The Bertz CT molecular complexity index is 1250. The van der Waals surface area contributed by atoms with Gasteiger partial charge in [-0.1, -0.05) is 28.1 Å². The van der Waals surface area contributed by atoms with Crippen molar-refractivity contribution in [1.82, 2.24) is 0 Å². The van der Waals surface area contributed by atoms with Gasteiger partial charge in [-0.25, -0.2) is 4.39 Å². The smallest absolute Gasteiger partial charge is 0.266 e. The number of anilines is 2. The second kappa shape index (κ2) is 11.1. The van der Waals surface area contributed by atoms with Crippen molar-refractivity contribution in [1.29, 1.82) is 5.26 Å². The van der Waals surface area contributed by atoms with Crippen LogP contribution < -0.4 is 15.4 Å². The van der Waals surface area contributed by atoms with Crippen molar-refractivity contribution in [3.8, 4) is 11.8 Å². The summed E-state index contributed by atoms with van der Waals surface area (Å²) in [5, 5.41) is 14.8. The molecule has 3 aromatic rings. The molecule has 0 aliphatic rings. The van der Waals surface area contributed by atoms with Crippen LogP contribution in [0.2, 0.25) is 0 Å². The van der Waals surface area contributed by atoms with Crippen LogP contribution in [0.3, 0.4) is 0 Å². The van der Waals surface area contributed by atoms with Gasteiger partial charge in [-0.05, 0) is 73.2 Å². The van der Waals surface area contributed by atoms with Gasteiger partial charge in [-0.2, -0.15) is 5.26 Å². The van der Waals surface area contributed by atoms with Crippen LogP contribution in [0.15, 0.2) is 76.8 Å². The SMILES string of the molecule is Cc1cccc(NC(=O)COc2ccc(Br)cc2/C=C(\C#N)C(=O)Nc2ccc(F)cc2)c1. The molecule has 3 aromatic carbocycles. The van der Waals surface area contributed by atoms with Crippen LogP contribution in [-0.2, 0) is 9.59 Å². The highest BCUT2D eigenvalue weighted by atomic mass is 79.9. The topological polar surface area (TPSA) is 91.2 Å². The molecular formula is C25H19BrFN3O3. The highest BCUT2D eigenvalue weighted by molar-refractivity contribution is 9.10. The second-order valence-corrected chi connectivity index (χ2v) is 7.93. The van der Waals surface area contributed by atoms with Crippen LogP contribution in [0.4, 0.5) is 15.8 Å². The van der Waals surface area contributed by atoms with E-state index >= 15 is 0 Å². The Morgan fingerprint density at radius 2 is 1.82 bits per heavy atom. The monoisotopic (exact) mass is 507 g/mol. The number of hydrogen-bond acceptors (Lipinski definition) is 4. The zero-order chi connectivity index (χ0) is 23.8. The van der Waals surface area contributed by atoms with Crippen LogP contribution in [0.1, 0.15) is 11.1 Å². The van der Waals surface area contributed by atoms with Gasteiger partial charge in [-0.15, -0.1) is 0 Å². The largest absolute Gasteiger partial charge is 0.483 e. The number of nitrogens with one attached hydrogen (secondary N) is 2. The fourth-order valence-corrected chi connectivity index (χ4v) is 3.24. The van der Waals surface area contributed by atoms with Gasteiger partial charge in [0.1, 0.15) is 23.2 Å². The molecule has 0 unspecified atom stereocenters. The highest BCUT2D eigenvalue weighted by Crippen LogP contribution is 2.26. The third kappa shape index (κ3) is 7.02. The van der Waals surface area contributed by atoms with Gasteiger partial charge in [0.25, 0.3) is 11.8 Å². The third-order valence-corrected chi connectivity index (χ3v) is 4.89. The van der Waals surface area contributed by atoms with Crippen molar-refractivity contribution in [2.24, 2.45) is 0 Å². The lowest BCUT2D eigenvalue weighted by Gasteiger charge is -2.11. The van der Waals surface area contributed by atoms with E-state index in [1.807, 2.05) is 31.2 Å². The summed E-state index contributed by atoms with van der Waals surface area (Å²) in [5.41, 5.74) is 2.26. The van der Waals surface area contributed by atoms with Crippen molar-refractivity contribution in [2.45, 2.75) is 6.92 Å². The normalized spacial score (nSPS) is 10.8. The highest BCUT2D eigenvalue weighted by Gasteiger charge is 2.13. The van der Waals surface area contributed by atoms with E-state index in [0.29, 0.717) is 27.2 Å². The molecule has 33 heavy (non-hydrogen) atoms. The van der Waals surface area contributed by atoms with Gasteiger partial charge in [0, 0.05) is 21.4 Å². The van der Waals surface area contributed by atoms with Gasteiger partial charge >= 0.3 is 0 Å². The van der Waals surface area contributed by atoms with Crippen LogP contribution in [0, 0.1) is 24.1 Å². The molecule has 0 saturated heterocycles. The van der Waals surface area contributed by atoms with Crippen molar-refractivity contribution < 1.29 is 18.7 Å². The Kier molecular flexibility index (Phi) is 7.95. The van der Waals surface area contributed by atoms with E-state index in [2.05, 4.69) is 26.6 Å². The molecule has 0 atom stereocenters. The lowest BCUT2D eigenvalue weighted by molar-refractivity contribution is -0.118. The van der Waals surface area contributed by atoms with Gasteiger partial charge in [0.2, 0.25) is 0 Å². The number of ether oxygens (including phenoxy) is 1. The summed E-state index contributed by atoms with van der Waals surface area (Å²) in [4.78, 5) is 24.8. The Balaban J connectivity index is 1.74. The minimum absolute atomic E-state index is 0.188. The van der Waals surface area contributed by atoms with E-state index in [4.69, 9.17) is 4.74 Å². The van der Waals surface area contributed by atoms with Crippen LogP contribution in [-0.4, -0.2) is 18.4 Å². The maximum absolute atomic E-state index is 13.1. The summed E-state index contributed by atoms with van der Waals surface area (Å²) < 4.78 is 19.4. The molecule has 2 amide bonds. The van der Waals surface area contributed by atoms with E-state index in [-0.39, 0.29) is 18.1 Å². The fourth-order valence-electron chi connectivity index (χ4n) is 2.86. The maximum atomic E-state index is 13.1. The number of carbonyl (C=O) groups excluding carboxylic acids is 2. The first-order chi connectivity index (χ1) is 15.8. The number of hydrogen-bond donors (Lipinski definition) is 2. The van der Waals surface area contributed by atoms with Crippen LogP contribution >= 0.6 is 15.9 Å². The first-order valence-electron chi connectivity index (χ1n) is 9.81. The van der Waals surface area contributed by atoms with Gasteiger partial charge in [0.05, 0.1) is 0 Å². The molecule has 0 aliphatic carbocycles. The van der Waals surface area contributed by atoms with E-state index < -0.39 is 11.7 Å². The molecule has 2 N–H and O–H groups in total. The molecule has 6 nitrogen and oxygen atoms in total. The summed E-state index contributed by atoms with van der Waals surface area (Å²) in [6.45, 7) is 1.66. The standard InChI is InChI=1S/C25H19BrFN3O3/c1-16-3-2-4-22(11-16)29-24(31)15-33-23-10-5-19(26)13-17(23)12-18(14-28)25(32)30-21-8-6-20(27)7-9-21/h2-13H,15H2,1H3,(H,29,31)(H,30,32)/b18-12+. The number of halogens is 2. The van der Waals surface area contributed by atoms with Crippen molar-refractivity contribution in [2.75, 3.05) is 17.2 Å². The molecule has 0 aliphatic heterocycles. The number of benzene rings is 3. The molecule has 8 heteroatoms. The molecule has 0 heterocycles. The predicted molar refractivity (Wildman–Crippen MR) is 128 cm³/mol. The van der Waals surface area contributed by atoms with Gasteiger partial charge < -0.3 is 15.4 Å². The summed E-state index contributed by atoms with van der Waals surface area (Å²) in [6, 6.07) is 19.4. The van der Waals surface area contributed by atoms with Crippen LogP contribution in [0.5, 0.6) is 5.75 Å². The van der Waals surface area contributed by atoms with Crippen molar-refractivity contribution >= 4 is 45.2 Å². The zero-order valence-electron chi connectivity index (χ0n) is 17.6. The van der Waals surface area contributed by atoms with Gasteiger partial charge in [0.15, 0.2) is 6.61 Å². The second-order valence-electron chi connectivity index (χ2n) is 7.02. The molecule has 0 bridgehead atoms. The summed E-state index contributed by atoms with van der Waals surface area (Å²) in [7, 11) is 0. The van der Waals surface area contributed by atoms with E-state index in [0.717, 1.165) is 5.56 Å². The molecule has 0 spiro atoms. The summed E-state index contributed by atoms with van der Waals surface area (Å²) >= 11 is 3.35. The molecule has 0 saturated carbocycles. The Morgan fingerprint density at radius 3 is 2.52 bits per heavy atom. The van der Waals surface area contributed by atoms with Gasteiger partial charge in [-0.3, -0.25) is 9.59 Å². The molecule has 0 radical (unpaired) electrons. The lowest BCUT2D eigenvalue weighted by Crippen LogP contribution is -2.20. The zero-order valence-corrected chi connectivity index (χ0v) is 19.1. The predicted octanol–water partition coefficient (Wildman–Crippen LogP) is 5.46.